The molecule has 0 amide bonds. The summed E-state index contributed by atoms with van der Waals surface area (Å²) in [5.41, 5.74) is 6.80. The molecule has 3 heterocycles. The SMILES string of the molecule is Nc1cc(-c2cn(C3CCOCC3)nc2-c2cccc(CS(=O)(=O)c3cc(F)ccc3F)c2F)ncn1. The maximum absolute atomic E-state index is 15.9. The lowest BCUT2D eigenvalue weighted by atomic mass is 10.0. The Hall–Kier alpha value is -3.77. The number of ether oxygens (including phenoxy) is 1. The van der Waals surface area contributed by atoms with Crippen LogP contribution in [0.4, 0.5) is 19.0 Å². The van der Waals surface area contributed by atoms with E-state index < -0.39 is 37.9 Å². The number of nitrogens with two attached hydrogens (primary N) is 1. The van der Waals surface area contributed by atoms with Gasteiger partial charge in [-0.25, -0.2) is 31.6 Å². The van der Waals surface area contributed by atoms with Gasteiger partial charge in [-0.05, 0) is 37.1 Å². The van der Waals surface area contributed by atoms with Gasteiger partial charge in [-0.3, -0.25) is 4.68 Å². The van der Waals surface area contributed by atoms with E-state index in [4.69, 9.17) is 10.5 Å². The van der Waals surface area contributed by atoms with Crippen molar-refractivity contribution in [3.8, 4) is 22.5 Å². The third kappa shape index (κ3) is 5.07. The van der Waals surface area contributed by atoms with Crippen LogP contribution in [0.5, 0.6) is 0 Å². The van der Waals surface area contributed by atoms with Crippen molar-refractivity contribution in [1.29, 1.82) is 0 Å². The molecule has 1 aliphatic heterocycles. The predicted molar refractivity (Wildman–Crippen MR) is 129 cm³/mol. The fraction of sp³-hybridized carbons (Fsp3) is 0.240. The summed E-state index contributed by atoms with van der Waals surface area (Å²) in [7, 11) is -4.40. The number of benzene rings is 2. The number of sulfone groups is 1. The lowest BCUT2D eigenvalue weighted by molar-refractivity contribution is 0.0663. The van der Waals surface area contributed by atoms with Gasteiger partial charge in [-0.2, -0.15) is 5.10 Å². The van der Waals surface area contributed by atoms with E-state index in [2.05, 4.69) is 15.1 Å². The number of anilines is 1. The third-order valence-electron chi connectivity index (χ3n) is 6.17. The zero-order valence-electron chi connectivity index (χ0n) is 19.4. The van der Waals surface area contributed by atoms with Crippen LogP contribution in [0, 0.1) is 17.5 Å². The van der Waals surface area contributed by atoms with Crippen LogP contribution in [0.1, 0.15) is 24.4 Å². The van der Waals surface area contributed by atoms with Gasteiger partial charge in [0.2, 0.25) is 0 Å². The van der Waals surface area contributed by atoms with Crippen LogP contribution < -0.4 is 5.73 Å². The average molecular weight is 530 g/mol. The van der Waals surface area contributed by atoms with Crippen LogP contribution >= 0.6 is 0 Å². The maximum atomic E-state index is 15.9. The Balaban J connectivity index is 1.59. The van der Waals surface area contributed by atoms with Gasteiger partial charge < -0.3 is 10.5 Å². The second-order valence-corrected chi connectivity index (χ2v) is 10.6. The van der Waals surface area contributed by atoms with Crippen LogP contribution in [0.15, 0.2) is 59.9 Å². The highest BCUT2D eigenvalue weighted by Gasteiger charge is 2.26. The Labute approximate surface area is 210 Å². The molecule has 5 rings (SSSR count). The fourth-order valence-electron chi connectivity index (χ4n) is 4.31. The Bertz CT molecular complexity index is 1570. The van der Waals surface area contributed by atoms with E-state index in [9.17, 15) is 17.2 Å². The minimum Gasteiger partial charge on any atom is -0.384 e. The molecular formula is C25H22F3N5O3S. The fourth-order valence-corrected chi connectivity index (χ4v) is 5.75. The zero-order valence-corrected chi connectivity index (χ0v) is 20.3. The van der Waals surface area contributed by atoms with Crippen LogP contribution in [0.3, 0.4) is 0 Å². The van der Waals surface area contributed by atoms with E-state index in [-0.39, 0.29) is 28.7 Å². The number of hydrogen-bond donors (Lipinski definition) is 1. The third-order valence-corrected chi connectivity index (χ3v) is 7.84. The van der Waals surface area contributed by atoms with E-state index in [0.717, 1.165) is 12.1 Å². The van der Waals surface area contributed by atoms with E-state index in [1.807, 2.05) is 0 Å². The topological polar surface area (TPSA) is 113 Å². The summed E-state index contributed by atoms with van der Waals surface area (Å²) in [6, 6.07) is 7.90. The summed E-state index contributed by atoms with van der Waals surface area (Å²) in [5.74, 6) is -3.53. The molecule has 12 heteroatoms. The largest absolute Gasteiger partial charge is 0.384 e. The Morgan fingerprint density at radius 2 is 1.81 bits per heavy atom. The smallest absolute Gasteiger partial charge is 0.185 e. The summed E-state index contributed by atoms with van der Waals surface area (Å²) >= 11 is 0. The maximum Gasteiger partial charge on any atom is 0.185 e. The second kappa shape index (κ2) is 9.94. The molecule has 1 saturated heterocycles. The minimum atomic E-state index is -4.40. The molecule has 0 aliphatic carbocycles. The molecule has 0 unspecified atom stereocenters. The van der Waals surface area contributed by atoms with Crippen LogP contribution in [0.2, 0.25) is 0 Å². The molecule has 1 aliphatic rings. The summed E-state index contributed by atoms with van der Waals surface area (Å²) < 4.78 is 76.6. The van der Waals surface area contributed by atoms with Crippen molar-refractivity contribution in [2.75, 3.05) is 18.9 Å². The Morgan fingerprint density at radius 1 is 1.03 bits per heavy atom. The number of halogens is 3. The van der Waals surface area contributed by atoms with Crippen molar-refractivity contribution in [2.24, 2.45) is 0 Å². The molecule has 2 aromatic carbocycles. The van der Waals surface area contributed by atoms with E-state index in [0.29, 0.717) is 43.4 Å². The van der Waals surface area contributed by atoms with Crippen LogP contribution in [-0.2, 0) is 20.3 Å². The summed E-state index contributed by atoms with van der Waals surface area (Å²) in [4.78, 5) is 7.33. The number of nitrogen functional groups attached to an aromatic ring is 1. The highest BCUT2D eigenvalue weighted by atomic mass is 32.2. The summed E-state index contributed by atoms with van der Waals surface area (Å²) in [6.07, 6.45) is 4.46. The standard InChI is InChI=1S/C25H22F3N5O3S/c26-16-4-5-20(27)22(10-16)37(34,35)13-15-2-1-3-18(24(15)28)25-19(21-11-23(29)31-14-30-21)12-33(32-25)17-6-8-36-9-7-17/h1-5,10-12,14,17H,6-9,13H2,(H2,29,30,31). The van der Waals surface area contributed by atoms with Gasteiger partial charge in [0.25, 0.3) is 0 Å². The van der Waals surface area contributed by atoms with Gasteiger partial charge in [-0.1, -0.05) is 12.1 Å². The van der Waals surface area contributed by atoms with Crippen LogP contribution in [0.25, 0.3) is 22.5 Å². The molecular weight excluding hydrogens is 507 g/mol. The monoisotopic (exact) mass is 529 g/mol. The van der Waals surface area contributed by atoms with E-state index in [1.54, 1.807) is 10.9 Å². The molecule has 8 nitrogen and oxygen atoms in total. The highest BCUT2D eigenvalue weighted by molar-refractivity contribution is 7.90. The first-order valence-corrected chi connectivity index (χ1v) is 13.1. The van der Waals surface area contributed by atoms with Gasteiger partial charge in [0.15, 0.2) is 9.84 Å². The molecule has 0 radical (unpaired) electrons. The van der Waals surface area contributed by atoms with Crippen molar-refractivity contribution in [2.45, 2.75) is 29.5 Å². The van der Waals surface area contributed by atoms with Crippen molar-refractivity contribution in [3.63, 3.8) is 0 Å². The molecule has 2 aromatic heterocycles. The quantitative estimate of drug-likeness (QED) is 0.396. The van der Waals surface area contributed by atoms with Crippen LogP contribution in [-0.4, -0.2) is 41.4 Å². The predicted octanol–water partition coefficient (Wildman–Crippen LogP) is 4.33. The lowest BCUT2D eigenvalue weighted by Crippen LogP contribution is -2.19. The Kier molecular flexibility index (Phi) is 6.69. The van der Waals surface area contributed by atoms with Gasteiger partial charge in [-0.15, -0.1) is 0 Å². The number of hydrogen-bond acceptors (Lipinski definition) is 7. The van der Waals surface area contributed by atoms with E-state index >= 15 is 4.39 Å². The molecule has 0 atom stereocenters. The molecule has 0 bridgehead atoms. The first-order valence-electron chi connectivity index (χ1n) is 11.4. The first kappa shape index (κ1) is 24.9. The molecule has 0 spiro atoms. The van der Waals surface area contributed by atoms with E-state index in [1.165, 1.54) is 30.6 Å². The average Bonchev–Trinajstić information content (AvgIpc) is 3.32. The van der Waals surface area contributed by atoms with Gasteiger partial charge in [0.05, 0.1) is 17.5 Å². The second-order valence-electron chi connectivity index (χ2n) is 8.66. The summed E-state index contributed by atoms with van der Waals surface area (Å²) in [5, 5.41) is 4.65. The van der Waals surface area contributed by atoms with Crippen molar-refractivity contribution < 1.29 is 26.3 Å². The molecule has 4 aromatic rings. The number of aromatic nitrogens is 4. The minimum absolute atomic E-state index is 0.0167. The molecule has 192 valence electrons. The Morgan fingerprint density at radius 3 is 2.57 bits per heavy atom. The van der Waals surface area contributed by atoms with Crippen molar-refractivity contribution >= 4 is 15.7 Å². The lowest BCUT2D eigenvalue weighted by Gasteiger charge is -2.22. The van der Waals surface area contributed by atoms with Crippen molar-refractivity contribution in [1.82, 2.24) is 19.7 Å². The normalized spacial score (nSPS) is 14.7. The summed E-state index contributed by atoms with van der Waals surface area (Å²) in [6.45, 7) is 1.13. The number of nitrogens with zero attached hydrogens (tertiary/aromatic N) is 4. The highest BCUT2D eigenvalue weighted by Crippen LogP contribution is 2.36. The molecule has 37 heavy (non-hydrogen) atoms. The zero-order chi connectivity index (χ0) is 26.2. The molecule has 2 N–H and O–H groups in total. The van der Waals surface area contributed by atoms with Crippen molar-refractivity contribution in [3.05, 3.63) is 78.0 Å². The van der Waals surface area contributed by atoms with Gasteiger partial charge >= 0.3 is 0 Å². The van der Waals surface area contributed by atoms with Gasteiger partial charge in [0, 0.05) is 42.2 Å². The van der Waals surface area contributed by atoms with Gasteiger partial charge in [0.1, 0.15) is 40.2 Å². The molecule has 0 saturated carbocycles. The number of rotatable bonds is 6. The molecule has 1 fully saturated rings. The first-order chi connectivity index (χ1) is 17.7.